The maximum atomic E-state index is 12.3. The van der Waals surface area contributed by atoms with Crippen molar-refractivity contribution in [1.29, 1.82) is 0 Å². The predicted molar refractivity (Wildman–Crippen MR) is 92.9 cm³/mol. The highest BCUT2D eigenvalue weighted by molar-refractivity contribution is 8.05. The Balaban J connectivity index is 2.69. The summed E-state index contributed by atoms with van der Waals surface area (Å²) in [5.41, 5.74) is 0.956. The van der Waals surface area contributed by atoms with Crippen LogP contribution in [0.25, 0.3) is 0 Å². The Kier molecular flexibility index (Phi) is 6.21. The molecule has 0 spiro atoms. The first kappa shape index (κ1) is 18.7. The Morgan fingerprint density at radius 1 is 1.08 bits per heavy atom. The summed E-state index contributed by atoms with van der Waals surface area (Å²) < 4.78 is 15.0. The van der Waals surface area contributed by atoms with E-state index in [1.54, 1.807) is 17.5 Å². The lowest BCUT2D eigenvalue weighted by molar-refractivity contribution is -0.137. The van der Waals surface area contributed by atoms with Crippen molar-refractivity contribution < 1.29 is 23.8 Å². The summed E-state index contributed by atoms with van der Waals surface area (Å²) in [6.07, 6.45) is 0. The van der Waals surface area contributed by atoms with Gasteiger partial charge in [0.15, 0.2) is 5.09 Å². The number of esters is 2. The predicted octanol–water partition coefficient (Wildman–Crippen LogP) is 3.91. The minimum absolute atomic E-state index is 0.178. The number of hydrogen-bond acceptors (Lipinski definition) is 6. The molecule has 128 valence electrons. The number of benzene rings is 1. The van der Waals surface area contributed by atoms with Crippen molar-refractivity contribution >= 4 is 46.9 Å². The van der Waals surface area contributed by atoms with Gasteiger partial charge in [-0.3, -0.25) is 0 Å². The summed E-state index contributed by atoms with van der Waals surface area (Å²) in [6, 6.07) is 4.82. The maximum absolute atomic E-state index is 12.3. The number of thioether (sulfide) groups is 1. The summed E-state index contributed by atoms with van der Waals surface area (Å²) in [4.78, 5) is 24.5. The van der Waals surface area contributed by atoms with Gasteiger partial charge in [0.25, 0.3) is 0 Å². The largest absolute Gasteiger partial charge is 0.490 e. The lowest BCUT2D eigenvalue weighted by Crippen LogP contribution is -2.24. The molecule has 1 unspecified atom stereocenters. The van der Waals surface area contributed by atoms with E-state index < -0.39 is 17.9 Å². The summed E-state index contributed by atoms with van der Waals surface area (Å²) in [5.74, 6) is -1.98. The molecule has 0 aromatic heterocycles. The minimum atomic E-state index is -0.786. The van der Waals surface area contributed by atoms with E-state index in [4.69, 9.17) is 37.4 Å². The summed E-state index contributed by atoms with van der Waals surface area (Å²) in [5, 5.41) is 2.65. The molecule has 1 aliphatic rings. The van der Waals surface area contributed by atoms with E-state index in [0.29, 0.717) is 20.7 Å². The van der Waals surface area contributed by atoms with Crippen molar-refractivity contribution in [3.8, 4) is 0 Å². The lowest BCUT2D eigenvalue weighted by atomic mass is 9.85. The van der Waals surface area contributed by atoms with E-state index in [2.05, 4.69) is 0 Å². The summed E-state index contributed by atoms with van der Waals surface area (Å²) in [7, 11) is 3.95. The van der Waals surface area contributed by atoms with Gasteiger partial charge in [-0.05, 0) is 23.1 Å². The van der Waals surface area contributed by atoms with Gasteiger partial charge in [-0.15, -0.1) is 0 Å². The molecule has 0 N–H and O–H groups in total. The molecule has 1 aromatic carbocycles. The van der Waals surface area contributed by atoms with Gasteiger partial charge in [-0.25, -0.2) is 9.59 Å². The van der Waals surface area contributed by atoms with Gasteiger partial charge in [0, 0.05) is 10.0 Å². The second-order valence-corrected chi connectivity index (χ2v) is 6.36. The van der Waals surface area contributed by atoms with Gasteiger partial charge in [-0.2, -0.15) is 0 Å². The van der Waals surface area contributed by atoms with E-state index in [1.807, 2.05) is 0 Å². The molecular weight excluding hydrogens is 375 g/mol. The molecule has 1 aliphatic heterocycles. The standard InChI is InChI=1S/C16H14Cl2O5S/c1-21-14(19)10-7-24-16(23-3)13(15(20)22-2)12(10)9-5-4-8(17)6-11(9)18/h4-7,12H,1-3H3. The number of carbonyl (C=O) groups excluding carboxylic acids is 2. The number of rotatable bonds is 4. The molecule has 1 heterocycles. The minimum Gasteiger partial charge on any atom is -0.490 e. The van der Waals surface area contributed by atoms with Crippen LogP contribution in [0.1, 0.15) is 11.5 Å². The zero-order chi connectivity index (χ0) is 17.9. The van der Waals surface area contributed by atoms with Crippen LogP contribution in [-0.2, 0) is 23.8 Å². The molecule has 0 radical (unpaired) electrons. The molecule has 1 atom stereocenters. The molecule has 0 bridgehead atoms. The number of hydrogen-bond donors (Lipinski definition) is 0. The Morgan fingerprint density at radius 2 is 1.75 bits per heavy atom. The Labute approximate surface area is 153 Å². The quantitative estimate of drug-likeness (QED) is 0.728. The topological polar surface area (TPSA) is 61.8 Å². The molecule has 0 amide bonds. The number of halogens is 2. The highest BCUT2D eigenvalue weighted by atomic mass is 35.5. The molecule has 5 nitrogen and oxygen atoms in total. The molecule has 8 heteroatoms. The molecule has 0 fully saturated rings. The third-order valence-electron chi connectivity index (χ3n) is 3.40. The zero-order valence-electron chi connectivity index (χ0n) is 13.1. The average Bonchev–Trinajstić information content (AvgIpc) is 2.59. The molecule has 1 aromatic rings. The lowest BCUT2D eigenvalue weighted by Gasteiger charge is -2.27. The van der Waals surface area contributed by atoms with E-state index in [9.17, 15) is 9.59 Å². The first-order valence-corrected chi connectivity index (χ1v) is 8.34. The van der Waals surface area contributed by atoms with Gasteiger partial charge in [-0.1, -0.05) is 41.0 Å². The molecule has 24 heavy (non-hydrogen) atoms. The van der Waals surface area contributed by atoms with Crippen molar-refractivity contribution in [1.82, 2.24) is 0 Å². The first-order chi connectivity index (χ1) is 11.4. The third-order valence-corrected chi connectivity index (χ3v) is 4.93. The fraction of sp³-hybridized carbons (Fsp3) is 0.250. The second kappa shape index (κ2) is 7.96. The van der Waals surface area contributed by atoms with Crippen LogP contribution < -0.4 is 0 Å². The van der Waals surface area contributed by atoms with Gasteiger partial charge >= 0.3 is 11.9 Å². The smallest absolute Gasteiger partial charge is 0.339 e. The molecule has 0 aliphatic carbocycles. The Hall–Kier alpha value is -1.63. The Bertz CT molecular complexity index is 742. The van der Waals surface area contributed by atoms with Gasteiger partial charge in [0.1, 0.15) is 0 Å². The van der Waals surface area contributed by atoms with Crippen LogP contribution in [0.15, 0.2) is 39.8 Å². The van der Waals surface area contributed by atoms with Gasteiger partial charge in [0.05, 0.1) is 38.4 Å². The van der Waals surface area contributed by atoms with Gasteiger partial charge < -0.3 is 14.2 Å². The van der Waals surface area contributed by atoms with E-state index in [0.717, 1.165) is 11.8 Å². The first-order valence-electron chi connectivity index (χ1n) is 6.71. The fourth-order valence-corrected chi connectivity index (χ4v) is 3.74. The van der Waals surface area contributed by atoms with Crippen LogP contribution in [0.5, 0.6) is 0 Å². The molecule has 0 saturated heterocycles. The monoisotopic (exact) mass is 388 g/mol. The van der Waals surface area contributed by atoms with Crippen LogP contribution in [-0.4, -0.2) is 33.3 Å². The molecule has 2 rings (SSSR count). The van der Waals surface area contributed by atoms with Crippen molar-refractivity contribution in [3.05, 3.63) is 55.5 Å². The number of carbonyl (C=O) groups is 2. The van der Waals surface area contributed by atoms with E-state index in [-0.39, 0.29) is 11.1 Å². The molecule has 0 saturated carbocycles. The second-order valence-electron chi connectivity index (χ2n) is 4.68. The van der Waals surface area contributed by atoms with Crippen LogP contribution in [0.2, 0.25) is 10.0 Å². The maximum Gasteiger partial charge on any atom is 0.339 e. The highest BCUT2D eigenvalue weighted by Gasteiger charge is 2.38. The van der Waals surface area contributed by atoms with E-state index in [1.165, 1.54) is 27.4 Å². The van der Waals surface area contributed by atoms with Crippen LogP contribution in [0.3, 0.4) is 0 Å². The van der Waals surface area contributed by atoms with Gasteiger partial charge in [0.2, 0.25) is 0 Å². The average molecular weight is 389 g/mol. The highest BCUT2D eigenvalue weighted by Crippen LogP contribution is 2.46. The summed E-state index contributed by atoms with van der Waals surface area (Å²) in [6.45, 7) is 0. The zero-order valence-corrected chi connectivity index (χ0v) is 15.4. The van der Waals surface area contributed by atoms with Crippen molar-refractivity contribution in [2.24, 2.45) is 0 Å². The SMILES string of the molecule is COC(=O)C1=CSC(OC)=C(C(=O)OC)C1c1ccc(Cl)cc1Cl. The normalized spacial score (nSPS) is 17.2. The van der Waals surface area contributed by atoms with Crippen molar-refractivity contribution in [2.75, 3.05) is 21.3 Å². The number of methoxy groups -OCH3 is 3. The van der Waals surface area contributed by atoms with Crippen LogP contribution in [0, 0.1) is 0 Å². The van der Waals surface area contributed by atoms with Crippen molar-refractivity contribution in [2.45, 2.75) is 5.92 Å². The van der Waals surface area contributed by atoms with Crippen LogP contribution in [0.4, 0.5) is 0 Å². The third kappa shape index (κ3) is 3.55. The Morgan fingerprint density at radius 3 is 2.29 bits per heavy atom. The summed E-state index contributed by atoms with van der Waals surface area (Å²) >= 11 is 13.3. The molecular formula is C16H14Cl2O5S. The fourth-order valence-electron chi connectivity index (χ4n) is 2.33. The number of ether oxygens (including phenoxy) is 3. The van der Waals surface area contributed by atoms with Crippen molar-refractivity contribution in [3.63, 3.8) is 0 Å². The van der Waals surface area contributed by atoms with E-state index >= 15 is 0 Å². The van der Waals surface area contributed by atoms with Crippen LogP contribution >= 0.6 is 35.0 Å².